The fourth-order valence-corrected chi connectivity index (χ4v) is 2.10. The normalized spacial score (nSPS) is 14.0. The Kier molecular flexibility index (Phi) is 4.86. The lowest BCUT2D eigenvalue weighted by Gasteiger charge is -2.13. The van der Waals surface area contributed by atoms with Crippen LogP contribution in [0, 0.1) is 0 Å². The number of hydrogen-bond donors (Lipinski definition) is 2. The number of nitrogen functional groups attached to an aromatic ring is 1. The molecule has 21 heavy (non-hydrogen) atoms. The second-order valence-electron chi connectivity index (χ2n) is 4.71. The van der Waals surface area contributed by atoms with Crippen molar-refractivity contribution in [1.82, 2.24) is 4.90 Å². The van der Waals surface area contributed by atoms with Crippen LogP contribution >= 0.6 is 0 Å². The standard InChI is InChI=1S/C14H19N3O4/c1-20-12-5-4-10(15)9-11(12)16-13(18)3-2-6-17-7-8-21-14(17)19/h4-5,9H,2-3,6-8,15H2,1H3,(H,16,18). The average Bonchev–Trinajstić information content (AvgIpc) is 2.85. The van der Waals surface area contributed by atoms with Gasteiger partial charge in [-0.25, -0.2) is 4.79 Å². The van der Waals surface area contributed by atoms with Crippen molar-refractivity contribution in [3.8, 4) is 5.75 Å². The fraction of sp³-hybridized carbons (Fsp3) is 0.429. The number of hydrogen-bond acceptors (Lipinski definition) is 5. The van der Waals surface area contributed by atoms with E-state index in [0.29, 0.717) is 49.7 Å². The lowest BCUT2D eigenvalue weighted by Crippen LogP contribution is -2.26. The first kappa shape index (κ1) is 15.0. The van der Waals surface area contributed by atoms with E-state index in [1.165, 1.54) is 7.11 Å². The molecular formula is C14H19N3O4. The number of nitrogens with zero attached hydrogens (tertiary/aromatic N) is 1. The Morgan fingerprint density at radius 3 is 3.00 bits per heavy atom. The lowest BCUT2D eigenvalue weighted by molar-refractivity contribution is -0.116. The second-order valence-corrected chi connectivity index (χ2v) is 4.71. The molecule has 0 aromatic heterocycles. The molecule has 0 saturated carbocycles. The number of nitrogens with two attached hydrogens (primary N) is 1. The molecule has 1 saturated heterocycles. The maximum atomic E-state index is 11.9. The van der Waals surface area contributed by atoms with Crippen molar-refractivity contribution < 1.29 is 19.1 Å². The smallest absolute Gasteiger partial charge is 0.409 e. The molecule has 0 unspecified atom stereocenters. The zero-order valence-corrected chi connectivity index (χ0v) is 11.9. The van der Waals surface area contributed by atoms with Crippen molar-refractivity contribution in [2.45, 2.75) is 12.8 Å². The van der Waals surface area contributed by atoms with Gasteiger partial charge in [-0.05, 0) is 24.6 Å². The molecule has 1 aliphatic rings. The van der Waals surface area contributed by atoms with Crippen LogP contribution in [0.25, 0.3) is 0 Å². The van der Waals surface area contributed by atoms with Gasteiger partial charge >= 0.3 is 6.09 Å². The number of amides is 2. The topological polar surface area (TPSA) is 93.9 Å². The molecule has 0 bridgehead atoms. The largest absolute Gasteiger partial charge is 0.495 e. The summed E-state index contributed by atoms with van der Waals surface area (Å²) in [4.78, 5) is 24.7. The van der Waals surface area contributed by atoms with Crippen molar-refractivity contribution >= 4 is 23.4 Å². The molecule has 1 aromatic rings. The number of cyclic esters (lactones) is 1. The first-order chi connectivity index (χ1) is 10.1. The summed E-state index contributed by atoms with van der Waals surface area (Å²) in [6.45, 7) is 1.52. The molecule has 1 aromatic carbocycles. The van der Waals surface area contributed by atoms with Gasteiger partial charge in [0.1, 0.15) is 12.4 Å². The van der Waals surface area contributed by atoms with Gasteiger partial charge in [0.2, 0.25) is 5.91 Å². The van der Waals surface area contributed by atoms with Crippen molar-refractivity contribution in [3.63, 3.8) is 0 Å². The summed E-state index contributed by atoms with van der Waals surface area (Å²) in [5.74, 6) is 0.409. The number of rotatable bonds is 6. The predicted molar refractivity (Wildman–Crippen MR) is 78.2 cm³/mol. The maximum absolute atomic E-state index is 11.9. The van der Waals surface area contributed by atoms with Crippen LogP contribution in [0.2, 0.25) is 0 Å². The monoisotopic (exact) mass is 293 g/mol. The lowest BCUT2D eigenvalue weighted by atomic mass is 10.2. The van der Waals surface area contributed by atoms with Gasteiger partial charge in [-0.2, -0.15) is 0 Å². The van der Waals surface area contributed by atoms with Crippen LogP contribution < -0.4 is 15.8 Å². The molecule has 0 atom stereocenters. The van der Waals surface area contributed by atoms with Crippen molar-refractivity contribution in [1.29, 1.82) is 0 Å². The van der Waals surface area contributed by atoms with Crippen LogP contribution in [0.3, 0.4) is 0 Å². The summed E-state index contributed by atoms with van der Waals surface area (Å²) in [6.07, 6.45) is 0.570. The van der Waals surface area contributed by atoms with Gasteiger partial charge in [0.05, 0.1) is 19.3 Å². The minimum Gasteiger partial charge on any atom is -0.495 e. The van der Waals surface area contributed by atoms with Crippen molar-refractivity contribution in [3.05, 3.63) is 18.2 Å². The van der Waals surface area contributed by atoms with Crippen LogP contribution in [0.5, 0.6) is 5.75 Å². The predicted octanol–water partition coefficient (Wildman–Crippen LogP) is 1.45. The number of carbonyl (C=O) groups excluding carboxylic acids is 2. The molecule has 7 nitrogen and oxygen atoms in total. The number of ether oxygens (including phenoxy) is 2. The molecule has 1 heterocycles. The van der Waals surface area contributed by atoms with Gasteiger partial charge in [0.25, 0.3) is 0 Å². The van der Waals surface area contributed by atoms with E-state index in [-0.39, 0.29) is 12.0 Å². The van der Waals surface area contributed by atoms with E-state index >= 15 is 0 Å². The number of anilines is 2. The molecule has 7 heteroatoms. The first-order valence-electron chi connectivity index (χ1n) is 6.75. The fourth-order valence-electron chi connectivity index (χ4n) is 2.10. The highest BCUT2D eigenvalue weighted by Gasteiger charge is 2.21. The molecule has 114 valence electrons. The molecule has 2 rings (SSSR count). The molecule has 0 aliphatic carbocycles. The van der Waals surface area contributed by atoms with E-state index in [1.54, 1.807) is 23.1 Å². The van der Waals surface area contributed by atoms with Crippen LogP contribution in [0.1, 0.15) is 12.8 Å². The molecule has 2 amide bonds. The SMILES string of the molecule is COc1ccc(N)cc1NC(=O)CCCN1CCOC1=O. The Bertz CT molecular complexity index is 533. The summed E-state index contributed by atoms with van der Waals surface area (Å²) in [5.41, 5.74) is 6.78. The molecule has 0 spiro atoms. The van der Waals surface area contributed by atoms with Gasteiger partial charge < -0.3 is 25.4 Å². The summed E-state index contributed by atoms with van der Waals surface area (Å²) >= 11 is 0. The molecule has 1 aliphatic heterocycles. The molecular weight excluding hydrogens is 274 g/mol. The van der Waals surface area contributed by atoms with E-state index in [2.05, 4.69) is 5.32 Å². The van der Waals surface area contributed by atoms with E-state index in [4.69, 9.17) is 15.2 Å². The van der Waals surface area contributed by atoms with E-state index < -0.39 is 0 Å². The highest BCUT2D eigenvalue weighted by molar-refractivity contribution is 5.92. The Hall–Kier alpha value is -2.44. The minimum absolute atomic E-state index is 0.147. The Labute approximate surface area is 123 Å². The summed E-state index contributed by atoms with van der Waals surface area (Å²) in [6, 6.07) is 5.05. The third kappa shape index (κ3) is 4.01. The third-order valence-corrected chi connectivity index (χ3v) is 3.17. The summed E-state index contributed by atoms with van der Waals surface area (Å²) in [5, 5.41) is 2.76. The zero-order chi connectivity index (χ0) is 15.2. The number of benzene rings is 1. The molecule has 1 fully saturated rings. The van der Waals surface area contributed by atoms with Gasteiger partial charge in [0.15, 0.2) is 0 Å². The van der Waals surface area contributed by atoms with E-state index in [9.17, 15) is 9.59 Å². The van der Waals surface area contributed by atoms with Crippen LogP contribution in [-0.4, -0.2) is 43.7 Å². The average molecular weight is 293 g/mol. The van der Waals surface area contributed by atoms with Crippen LogP contribution in [0.15, 0.2) is 18.2 Å². The van der Waals surface area contributed by atoms with E-state index in [0.717, 1.165) is 0 Å². The minimum atomic E-state index is -0.312. The quantitative estimate of drug-likeness (QED) is 0.774. The van der Waals surface area contributed by atoms with Crippen LogP contribution in [0.4, 0.5) is 16.2 Å². The van der Waals surface area contributed by atoms with Gasteiger partial charge in [-0.15, -0.1) is 0 Å². The van der Waals surface area contributed by atoms with E-state index in [1.807, 2.05) is 0 Å². The number of nitrogens with one attached hydrogen (secondary N) is 1. The Balaban J connectivity index is 1.81. The highest BCUT2D eigenvalue weighted by Crippen LogP contribution is 2.26. The van der Waals surface area contributed by atoms with Gasteiger partial charge in [-0.3, -0.25) is 4.79 Å². The molecule has 0 radical (unpaired) electrons. The van der Waals surface area contributed by atoms with Gasteiger partial charge in [0, 0.05) is 18.7 Å². The molecule has 3 N–H and O–H groups in total. The first-order valence-corrected chi connectivity index (χ1v) is 6.75. The Morgan fingerprint density at radius 1 is 1.52 bits per heavy atom. The van der Waals surface area contributed by atoms with Crippen molar-refractivity contribution in [2.75, 3.05) is 37.9 Å². The Morgan fingerprint density at radius 2 is 2.33 bits per heavy atom. The van der Waals surface area contributed by atoms with Crippen LogP contribution in [-0.2, 0) is 9.53 Å². The highest BCUT2D eigenvalue weighted by atomic mass is 16.6. The zero-order valence-electron chi connectivity index (χ0n) is 11.9. The van der Waals surface area contributed by atoms with Gasteiger partial charge in [-0.1, -0.05) is 0 Å². The number of methoxy groups -OCH3 is 1. The third-order valence-electron chi connectivity index (χ3n) is 3.17. The number of carbonyl (C=O) groups is 2. The second kappa shape index (κ2) is 6.83. The maximum Gasteiger partial charge on any atom is 0.409 e. The summed E-state index contributed by atoms with van der Waals surface area (Å²) in [7, 11) is 1.53. The summed E-state index contributed by atoms with van der Waals surface area (Å²) < 4.78 is 9.98. The van der Waals surface area contributed by atoms with Crippen molar-refractivity contribution in [2.24, 2.45) is 0 Å².